The molecule has 0 bridgehead atoms. The van der Waals surface area contributed by atoms with Gasteiger partial charge in [-0.3, -0.25) is 9.52 Å². The van der Waals surface area contributed by atoms with Crippen molar-refractivity contribution in [1.82, 2.24) is 0 Å². The number of anilines is 2. The van der Waals surface area contributed by atoms with Crippen LogP contribution in [-0.2, 0) is 14.8 Å². The van der Waals surface area contributed by atoms with Crippen LogP contribution in [0.4, 0.5) is 11.4 Å². The number of methoxy groups -OCH3 is 1. The normalized spacial score (nSPS) is 10.9. The molecule has 0 aliphatic carbocycles. The van der Waals surface area contributed by atoms with Crippen molar-refractivity contribution < 1.29 is 22.7 Å². The number of nitrogens with one attached hydrogen (secondary N) is 2. The fraction of sp³-hybridized carbons (Fsp3) is 0.136. The molecule has 0 aliphatic heterocycles. The predicted octanol–water partition coefficient (Wildman–Crippen LogP) is 3.82. The van der Waals surface area contributed by atoms with Gasteiger partial charge in [-0.1, -0.05) is 17.7 Å². The third kappa shape index (κ3) is 5.74. The number of aryl methyl sites for hydroxylation is 1. The summed E-state index contributed by atoms with van der Waals surface area (Å²) >= 11 is 0. The molecule has 3 aromatic rings. The monoisotopic (exact) mass is 426 g/mol. The smallest absolute Gasteiger partial charge is 0.262 e. The fourth-order valence-electron chi connectivity index (χ4n) is 2.57. The van der Waals surface area contributed by atoms with E-state index in [1.807, 2.05) is 31.2 Å². The van der Waals surface area contributed by atoms with E-state index >= 15 is 0 Å². The van der Waals surface area contributed by atoms with Crippen LogP contribution >= 0.6 is 0 Å². The number of carbonyl (C=O) groups excluding carboxylic acids is 1. The molecule has 0 unspecified atom stereocenters. The zero-order valence-electron chi connectivity index (χ0n) is 16.6. The molecule has 0 saturated carbocycles. The molecule has 0 heterocycles. The van der Waals surface area contributed by atoms with E-state index in [0.717, 1.165) is 5.56 Å². The Bertz CT molecular complexity index is 1090. The molecular weight excluding hydrogens is 404 g/mol. The van der Waals surface area contributed by atoms with Crippen LogP contribution in [0.25, 0.3) is 0 Å². The van der Waals surface area contributed by atoms with Gasteiger partial charge in [-0.15, -0.1) is 0 Å². The molecule has 0 fully saturated rings. The first-order valence-electron chi connectivity index (χ1n) is 9.12. The molecule has 0 saturated heterocycles. The van der Waals surface area contributed by atoms with Gasteiger partial charge in [0.15, 0.2) is 6.61 Å². The average molecular weight is 426 g/mol. The van der Waals surface area contributed by atoms with Crippen LogP contribution in [0.1, 0.15) is 5.56 Å². The largest absolute Gasteiger partial charge is 0.497 e. The van der Waals surface area contributed by atoms with Crippen molar-refractivity contribution in [3.8, 4) is 11.5 Å². The Hall–Kier alpha value is -3.52. The van der Waals surface area contributed by atoms with Gasteiger partial charge in [0.2, 0.25) is 0 Å². The van der Waals surface area contributed by atoms with E-state index in [2.05, 4.69) is 10.0 Å². The van der Waals surface area contributed by atoms with E-state index in [0.29, 0.717) is 22.9 Å². The highest BCUT2D eigenvalue weighted by Crippen LogP contribution is 2.21. The summed E-state index contributed by atoms with van der Waals surface area (Å²) in [6, 6.07) is 19.8. The summed E-state index contributed by atoms with van der Waals surface area (Å²) in [6.07, 6.45) is 0. The molecule has 7 nitrogen and oxygen atoms in total. The van der Waals surface area contributed by atoms with Crippen LogP contribution in [0, 0.1) is 6.92 Å². The topological polar surface area (TPSA) is 93.7 Å². The highest BCUT2D eigenvalue weighted by molar-refractivity contribution is 7.92. The first-order chi connectivity index (χ1) is 14.4. The third-order valence-electron chi connectivity index (χ3n) is 4.18. The van der Waals surface area contributed by atoms with E-state index in [-0.39, 0.29) is 17.4 Å². The van der Waals surface area contributed by atoms with Crippen LogP contribution in [0.5, 0.6) is 11.5 Å². The second-order valence-electron chi connectivity index (χ2n) is 6.51. The van der Waals surface area contributed by atoms with Gasteiger partial charge in [0, 0.05) is 11.4 Å². The summed E-state index contributed by atoms with van der Waals surface area (Å²) in [4.78, 5) is 12.1. The summed E-state index contributed by atoms with van der Waals surface area (Å²) in [7, 11) is -2.21. The van der Waals surface area contributed by atoms with E-state index < -0.39 is 10.0 Å². The van der Waals surface area contributed by atoms with E-state index in [9.17, 15) is 13.2 Å². The second-order valence-corrected chi connectivity index (χ2v) is 8.19. The Labute approximate surface area is 175 Å². The van der Waals surface area contributed by atoms with Gasteiger partial charge < -0.3 is 14.8 Å². The van der Waals surface area contributed by atoms with Crippen molar-refractivity contribution in [2.45, 2.75) is 11.8 Å². The summed E-state index contributed by atoms with van der Waals surface area (Å²) < 4.78 is 38.0. The molecule has 8 heteroatoms. The van der Waals surface area contributed by atoms with Crippen LogP contribution < -0.4 is 19.5 Å². The highest BCUT2D eigenvalue weighted by atomic mass is 32.2. The molecule has 3 rings (SSSR count). The Kier molecular flexibility index (Phi) is 6.58. The van der Waals surface area contributed by atoms with Gasteiger partial charge >= 0.3 is 0 Å². The lowest BCUT2D eigenvalue weighted by Crippen LogP contribution is -2.20. The summed E-state index contributed by atoms with van der Waals surface area (Å²) in [5, 5.41) is 2.73. The first-order valence-corrected chi connectivity index (χ1v) is 10.6. The van der Waals surface area contributed by atoms with Crippen molar-refractivity contribution in [2.24, 2.45) is 0 Å². The molecule has 2 N–H and O–H groups in total. The van der Waals surface area contributed by atoms with Crippen LogP contribution in [-0.4, -0.2) is 28.0 Å². The zero-order chi connectivity index (χ0) is 21.6. The lowest BCUT2D eigenvalue weighted by molar-refractivity contribution is -0.118. The van der Waals surface area contributed by atoms with Gasteiger partial charge in [-0.05, 0) is 67.6 Å². The number of sulfonamides is 1. The van der Waals surface area contributed by atoms with E-state index in [4.69, 9.17) is 9.47 Å². The number of ether oxygens (including phenoxy) is 2. The van der Waals surface area contributed by atoms with Gasteiger partial charge in [0.1, 0.15) is 11.5 Å². The average Bonchev–Trinajstić information content (AvgIpc) is 2.74. The predicted molar refractivity (Wildman–Crippen MR) is 116 cm³/mol. The van der Waals surface area contributed by atoms with Crippen molar-refractivity contribution in [3.05, 3.63) is 78.4 Å². The van der Waals surface area contributed by atoms with Gasteiger partial charge in [0.05, 0.1) is 12.0 Å². The summed E-state index contributed by atoms with van der Waals surface area (Å²) in [5.41, 5.74) is 2.20. The van der Waals surface area contributed by atoms with Crippen LogP contribution in [0.2, 0.25) is 0 Å². The molecule has 3 aromatic carbocycles. The van der Waals surface area contributed by atoms with E-state index in [1.54, 1.807) is 24.3 Å². The Morgan fingerprint density at radius 1 is 0.833 bits per heavy atom. The number of amides is 1. The summed E-state index contributed by atoms with van der Waals surface area (Å²) in [6.45, 7) is 1.77. The standard InChI is InChI=1S/C22H22N2O5S/c1-16-3-5-17(6-4-16)23-22(25)15-29-20-11-13-21(14-12-20)30(26,27)24-18-7-9-19(28-2)10-8-18/h3-14,24H,15H2,1-2H3,(H,23,25). The number of hydrogen-bond acceptors (Lipinski definition) is 5. The molecule has 1 amide bonds. The number of hydrogen-bond donors (Lipinski definition) is 2. The lowest BCUT2D eigenvalue weighted by Gasteiger charge is -2.10. The van der Waals surface area contributed by atoms with Crippen LogP contribution in [0.15, 0.2) is 77.7 Å². The Balaban J connectivity index is 1.56. The minimum atomic E-state index is -3.75. The van der Waals surface area contributed by atoms with Gasteiger partial charge in [-0.2, -0.15) is 0 Å². The first kappa shape index (κ1) is 21.2. The maximum Gasteiger partial charge on any atom is 0.262 e. The molecular formula is C22H22N2O5S. The maximum atomic E-state index is 12.5. The molecule has 0 aromatic heterocycles. The van der Waals surface area contributed by atoms with Crippen molar-refractivity contribution in [2.75, 3.05) is 23.8 Å². The highest BCUT2D eigenvalue weighted by Gasteiger charge is 2.14. The summed E-state index contributed by atoms with van der Waals surface area (Å²) in [5.74, 6) is 0.708. The number of benzene rings is 3. The number of rotatable bonds is 8. The van der Waals surface area contributed by atoms with Crippen molar-refractivity contribution in [3.63, 3.8) is 0 Å². The van der Waals surface area contributed by atoms with Crippen LogP contribution in [0.3, 0.4) is 0 Å². The van der Waals surface area contributed by atoms with Gasteiger partial charge in [0.25, 0.3) is 15.9 Å². The van der Waals surface area contributed by atoms with E-state index in [1.165, 1.54) is 31.4 Å². The molecule has 0 spiro atoms. The third-order valence-corrected chi connectivity index (χ3v) is 5.58. The second kappa shape index (κ2) is 9.32. The quantitative estimate of drug-likeness (QED) is 0.571. The molecule has 0 radical (unpaired) electrons. The Morgan fingerprint density at radius 2 is 1.40 bits per heavy atom. The SMILES string of the molecule is COc1ccc(NS(=O)(=O)c2ccc(OCC(=O)Nc3ccc(C)cc3)cc2)cc1. The van der Waals surface area contributed by atoms with Crippen molar-refractivity contribution >= 4 is 27.3 Å². The molecule has 156 valence electrons. The molecule has 0 aliphatic rings. The lowest BCUT2D eigenvalue weighted by atomic mass is 10.2. The van der Waals surface area contributed by atoms with Crippen molar-refractivity contribution in [1.29, 1.82) is 0 Å². The minimum Gasteiger partial charge on any atom is -0.497 e. The van der Waals surface area contributed by atoms with Gasteiger partial charge in [-0.25, -0.2) is 8.42 Å². The fourth-order valence-corrected chi connectivity index (χ4v) is 3.63. The Morgan fingerprint density at radius 3 is 2.00 bits per heavy atom. The minimum absolute atomic E-state index is 0.0785. The number of carbonyl (C=O) groups is 1. The molecule has 0 atom stereocenters. The molecule has 30 heavy (non-hydrogen) atoms. The zero-order valence-corrected chi connectivity index (χ0v) is 17.4. The maximum absolute atomic E-state index is 12.5.